The molecule has 0 unspecified atom stereocenters. The molecule has 0 atom stereocenters. The molecule has 0 aliphatic heterocycles. The van der Waals surface area contributed by atoms with Crippen LogP contribution in [0.5, 0.6) is 0 Å². The van der Waals surface area contributed by atoms with Crippen molar-refractivity contribution in [2.24, 2.45) is 0 Å². The Kier molecular flexibility index (Phi) is 4.45. The summed E-state index contributed by atoms with van der Waals surface area (Å²) in [7, 11) is 0. The van der Waals surface area contributed by atoms with Gasteiger partial charge < -0.3 is 16.4 Å². The van der Waals surface area contributed by atoms with Gasteiger partial charge in [-0.1, -0.05) is 17.7 Å². The van der Waals surface area contributed by atoms with Crippen LogP contribution in [0.3, 0.4) is 0 Å². The van der Waals surface area contributed by atoms with Crippen molar-refractivity contribution in [1.29, 1.82) is 0 Å². The van der Waals surface area contributed by atoms with E-state index < -0.39 is 0 Å². The molecule has 0 spiro atoms. The van der Waals surface area contributed by atoms with E-state index >= 15 is 0 Å². The lowest BCUT2D eigenvalue weighted by molar-refractivity contribution is -0.114. The van der Waals surface area contributed by atoms with Crippen molar-refractivity contribution in [3.05, 3.63) is 53.1 Å². The molecule has 0 saturated heterocycles. The van der Waals surface area contributed by atoms with E-state index in [0.29, 0.717) is 27.6 Å². The Morgan fingerprint density at radius 1 is 1.05 bits per heavy atom. The molecule has 2 rings (SSSR count). The Hall–Kier alpha value is -2.53. The lowest BCUT2D eigenvalue weighted by Crippen LogP contribution is -2.14. The van der Waals surface area contributed by atoms with Crippen LogP contribution >= 0.6 is 11.6 Å². The minimum Gasteiger partial charge on any atom is -0.398 e. The standard InChI is InChI=1S/C15H14ClN3O2/c1-9(20)18-11-3-2-4-12(8-11)19-15(21)13-7-10(16)5-6-14(13)17/h2-8H,17H2,1H3,(H,18,20)(H,19,21). The second kappa shape index (κ2) is 6.28. The highest BCUT2D eigenvalue weighted by Gasteiger charge is 2.11. The minimum absolute atomic E-state index is 0.183. The number of nitrogens with two attached hydrogens (primary N) is 1. The predicted molar refractivity (Wildman–Crippen MR) is 84.6 cm³/mol. The van der Waals surface area contributed by atoms with Gasteiger partial charge in [0.15, 0.2) is 0 Å². The van der Waals surface area contributed by atoms with Gasteiger partial charge in [0.25, 0.3) is 5.91 Å². The van der Waals surface area contributed by atoms with Gasteiger partial charge in [0.1, 0.15) is 0 Å². The summed E-state index contributed by atoms with van der Waals surface area (Å²) in [6.07, 6.45) is 0. The van der Waals surface area contributed by atoms with Crippen LogP contribution in [-0.4, -0.2) is 11.8 Å². The SMILES string of the molecule is CC(=O)Nc1cccc(NC(=O)c2cc(Cl)ccc2N)c1. The second-order valence-electron chi connectivity index (χ2n) is 4.45. The normalized spacial score (nSPS) is 10.0. The first kappa shape index (κ1) is 14.9. The summed E-state index contributed by atoms with van der Waals surface area (Å²) in [4.78, 5) is 23.2. The van der Waals surface area contributed by atoms with E-state index in [4.69, 9.17) is 17.3 Å². The number of hydrogen-bond acceptors (Lipinski definition) is 3. The highest BCUT2D eigenvalue weighted by molar-refractivity contribution is 6.31. The molecular weight excluding hydrogens is 290 g/mol. The van der Waals surface area contributed by atoms with Crippen molar-refractivity contribution in [2.45, 2.75) is 6.92 Å². The van der Waals surface area contributed by atoms with Crippen molar-refractivity contribution in [1.82, 2.24) is 0 Å². The molecule has 2 aromatic rings. The van der Waals surface area contributed by atoms with Gasteiger partial charge in [-0.05, 0) is 36.4 Å². The lowest BCUT2D eigenvalue weighted by Gasteiger charge is -2.09. The van der Waals surface area contributed by atoms with Gasteiger partial charge in [-0.2, -0.15) is 0 Å². The van der Waals surface area contributed by atoms with Gasteiger partial charge in [-0.25, -0.2) is 0 Å². The van der Waals surface area contributed by atoms with E-state index in [9.17, 15) is 9.59 Å². The topological polar surface area (TPSA) is 84.2 Å². The molecule has 108 valence electrons. The van der Waals surface area contributed by atoms with Crippen molar-refractivity contribution in [3.63, 3.8) is 0 Å². The zero-order valence-corrected chi connectivity index (χ0v) is 12.1. The molecule has 2 amide bonds. The Labute approximate surface area is 127 Å². The Morgan fingerprint density at radius 3 is 2.38 bits per heavy atom. The fraction of sp³-hybridized carbons (Fsp3) is 0.0667. The second-order valence-corrected chi connectivity index (χ2v) is 4.88. The van der Waals surface area contributed by atoms with E-state index in [1.807, 2.05) is 0 Å². The third kappa shape index (κ3) is 3.97. The van der Waals surface area contributed by atoms with Gasteiger partial charge >= 0.3 is 0 Å². The molecule has 5 nitrogen and oxygen atoms in total. The van der Waals surface area contributed by atoms with Crippen LogP contribution in [0.15, 0.2) is 42.5 Å². The zero-order chi connectivity index (χ0) is 15.4. The predicted octanol–water partition coefficient (Wildman–Crippen LogP) is 3.13. The van der Waals surface area contributed by atoms with Crippen LogP contribution in [0.4, 0.5) is 17.1 Å². The summed E-state index contributed by atoms with van der Waals surface area (Å²) in [5, 5.41) is 5.79. The van der Waals surface area contributed by atoms with Crippen molar-refractivity contribution in [2.75, 3.05) is 16.4 Å². The monoisotopic (exact) mass is 303 g/mol. The third-order valence-electron chi connectivity index (χ3n) is 2.70. The van der Waals surface area contributed by atoms with Crippen LogP contribution < -0.4 is 16.4 Å². The summed E-state index contributed by atoms with van der Waals surface area (Å²) in [5.41, 5.74) is 7.55. The first-order valence-electron chi connectivity index (χ1n) is 6.20. The van der Waals surface area contributed by atoms with Gasteiger partial charge in [0, 0.05) is 29.0 Å². The summed E-state index contributed by atoms with van der Waals surface area (Å²) >= 11 is 5.86. The van der Waals surface area contributed by atoms with E-state index in [2.05, 4.69) is 10.6 Å². The van der Waals surface area contributed by atoms with Crippen LogP contribution in [0.25, 0.3) is 0 Å². The van der Waals surface area contributed by atoms with E-state index in [1.54, 1.807) is 36.4 Å². The molecule has 0 aliphatic rings. The summed E-state index contributed by atoms with van der Waals surface area (Å²) < 4.78 is 0. The van der Waals surface area contributed by atoms with Crippen LogP contribution in [0.1, 0.15) is 17.3 Å². The first-order chi connectivity index (χ1) is 9.95. The molecule has 0 aliphatic carbocycles. The van der Waals surface area contributed by atoms with E-state index in [-0.39, 0.29) is 11.8 Å². The smallest absolute Gasteiger partial charge is 0.257 e. The number of anilines is 3. The average molecular weight is 304 g/mol. The summed E-state index contributed by atoms with van der Waals surface area (Å²) in [6, 6.07) is 11.5. The molecule has 21 heavy (non-hydrogen) atoms. The number of carbonyl (C=O) groups is 2. The molecule has 0 fully saturated rings. The maximum absolute atomic E-state index is 12.2. The maximum atomic E-state index is 12.2. The number of rotatable bonds is 3. The summed E-state index contributed by atoms with van der Waals surface area (Å²) in [6.45, 7) is 1.41. The zero-order valence-electron chi connectivity index (χ0n) is 11.3. The molecule has 0 heterocycles. The van der Waals surface area contributed by atoms with Crippen LogP contribution in [-0.2, 0) is 4.79 Å². The van der Waals surface area contributed by atoms with Crippen LogP contribution in [0.2, 0.25) is 5.02 Å². The van der Waals surface area contributed by atoms with Gasteiger partial charge in [-0.15, -0.1) is 0 Å². The number of nitrogen functional groups attached to an aromatic ring is 1. The fourth-order valence-electron chi connectivity index (χ4n) is 1.80. The summed E-state index contributed by atoms with van der Waals surface area (Å²) in [5.74, 6) is -0.549. The number of amides is 2. The Morgan fingerprint density at radius 2 is 1.71 bits per heavy atom. The molecule has 2 aromatic carbocycles. The van der Waals surface area contributed by atoms with Crippen molar-refractivity contribution in [3.8, 4) is 0 Å². The van der Waals surface area contributed by atoms with E-state index in [1.165, 1.54) is 13.0 Å². The van der Waals surface area contributed by atoms with Gasteiger partial charge in [0.2, 0.25) is 5.91 Å². The largest absolute Gasteiger partial charge is 0.398 e. The molecule has 0 aromatic heterocycles. The molecule has 0 radical (unpaired) electrons. The van der Waals surface area contributed by atoms with Crippen molar-refractivity contribution >= 4 is 40.5 Å². The Balaban J connectivity index is 2.19. The molecular formula is C15H14ClN3O2. The lowest BCUT2D eigenvalue weighted by atomic mass is 10.1. The number of hydrogen-bond donors (Lipinski definition) is 3. The minimum atomic E-state index is -0.366. The fourth-order valence-corrected chi connectivity index (χ4v) is 1.97. The van der Waals surface area contributed by atoms with Gasteiger partial charge in [0.05, 0.1) is 5.56 Å². The highest BCUT2D eigenvalue weighted by atomic mass is 35.5. The molecule has 0 saturated carbocycles. The number of benzene rings is 2. The molecule has 4 N–H and O–H groups in total. The third-order valence-corrected chi connectivity index (χ3v) is 2.94. The Bertz CT molecular complexity index is 701. The van der Waals surface area contributed by atoms with E-state index in [0.717, 1.165) is 0 Å². The quantitative estimate of drug-likeness (QED) is 0.762. The number of halogens is 1. The molecule has 0 bridgehead atoms. The van der Waals surface area contributed by atoms with Gasteiger partial charge in [-0.3, -0.25) is 9.59 Å². The average Bonchev–Trinajstić information content (AvgIpc) is 2.41. The van der Waals surface area contributed by atoms with Crippen LogP contribution in [0, 0.1) is 0 Å². The number of carbonyl (C=O) groups excluding carboxylic acids is 2. The highest BCUT2D eigenvalue weighted by Crippen LogP contribution is 2.21. The maximum Gasteiger partial charge on any atom is 0.257 e. The first-order valence-corrected chi connectivity index (χ1v) is 6.57. The molecule has 6 heteroatoms. The number of nitrogens with one attached hydrogen (secondary N) is 2. The van der Waals surface area contributed by atoms with Crippen molar-refractivity contribution < 1.29 is 9.59 Å².